The number of carbonyl (C=O) groups is 1. The highest BCUT2D eigenvalue weighted by Crippen LogP contribution is 2.20. The van der Waals surface area contributed by atoms with Crippen LogP contribution in [-0.2, 0) is 6.54 Å². The van der Waals surface area contributed by atoms with Crippen LogP contribution in [0.3, 0.4) is 0 Å². The molecule has 1 aliphatic rings. The fraction of sp³-hybridized carbons (Fsp3) is 0.217. The lowest BCUT2D eigenvalue weighted by Crippen LogP contribution is -2.46. The number of anilines is 2. The van der Waals surface area contributed by atoms with Gasteiger partial charge in [-0.1, -0.05) is 48.5 Å². The van der Waals surface area contributed by atoms with E-state index >= 15 is 0 Å². The Kier molecular flexibility index (Phi) is 5.52. The number of nitrogens with one attached hydrogen (secondary N) is 1. The Hall–Kier alpha value is -3.34. The summed E-state index contributed by atoms with van der Waals surface area (Å²) in [5.41, 5.74) is 3.94. The van der Waals surface area contributed by atoms with Crippen molar-refractivity contribution in [2.45, 2.75) is 6.54 Å². The Balaban J connectivity index is 1.37. The molecule has 0 radical (unpaired) electrons. The number of rotatable bonds is 5. The molecule has 2 heterocycles. The lowest BCUT2D eigenvalue weighted by Gasteiger charge is -2.37. The van der Waals surface area contributed by atoms with Gasteiger partial charge in [-0.2, -0.15) is 0 Å². The topological polar surface area (TPSA) is 48.5 Å². The van der Waals surface area contributed by atoms with E-state index < -0.39 is 0 Å². The third kappa shape index (κ3) is 4.31. The van der Waals surface area contributed by atoms with E-state index in [0.717, 1.165) is 37.4 Å². The van der Waals surface area contributed by atoms with Gasteiger partial charge in [0.05, 0.1) is 17.4 Å². The molecule has 1 fully saturated rings. The Morgan fingerprint density at radius 1 is 0.821 bits per heavy atom. The summed E-state index contributed by atoms with van der Waals surface area (Å²) in [6.07, 6.45) is 3.47. The van der Waals surface area contributed by atoms with Crippen LogP contribution in [0.2, 0.25) is 0 Å². The van der Waals surface area contributed by atoms with Gasteiger partial charge >= 0.3 is 0 Å². The molecule has 4 rings (SSSR count). The zero-order valence-electron chi connectivity index (χ0n) is 15.8. The van der Waals surface area contributed by atoms with E-state index in [2.05, 4.69) is 44.4 Å². The van der Waals surface area contributed by atoms with Crippen LogP contribution in [-0.4, -0.2) is 37.1 Å². The number of piperazine rings is 1. The summed E-state index contributed by atoms with van der Waals surface area (Å²) < 4.78 is 0. The average molecular weight is 372 g/mol. The number of para-hydroxylation sites is 1. The lowest BCUT2D eigenvalue weighted by molar-refractivity contribution is 0.0950. The van der Waals surface area contributed by atoms with Gasteiger partial charge in [0.25, 0.3) is 5.91 Å². The minimum Gasteiger partial charge on any atom is -0.368 e. The second-order valence-electron chi connectivity index (χ2n) is 6.91. The number of aromatic nitrogens is 1. The number of benzene rings is 2. The quantitative estimate of drug-likeness (QED) is 0.746. The highest BCUT2D eigenvalue weighted by molar-refractivity contribution is 5.94. The predicted octanol–water partition coefficient (Wildman–Crippen LogP) is 3.34. The van der Waals surface area contributed by atoms with Crippen molar-refractivity contribution in [3.05, 3.63) is 90.3 Å². The largest absolute Gasteiger partial charge is 0.368 e. The smallest absolute Gasteiger partial charge is 0.253 e. The number of pyridine rings is 1. The average Bonchev–Trinajstić information content (AvgIpc) is 2.79. The van der Waals surface area contributed by atoms with Crippen molar-refractivity contribution in [1.82, 2.24) is 10.3 Å². The fourth-order valence-electron chi connectivity index (χ4n) is 3.47. The molecule has 3 aromatic rings. The maximum absolute atomic E-state index is 12.5. The third-order valence-corrected chi connectivity index (χ3v) is 5.05. The van der Waals surface area contributed by atoms with Gasteiger partial charge in [-0.05, 0) is 23.8 Å². The van der Waals surface area contributed by atoms with Crippen LogP contribution in [0.5, 0.6) is 0 Å². The first-order valence-corrected chi connectivity index (χ1v) is 9.62. The second-order valence-corrected chi connectivity index (χ2v) is 6.91. The highest BCUT2D eigenvalue weighted by atomic mass is 16.1. The Labute approximate surface area is 165 Å². The van der Waals surface area contributed by atoms with Gasteiger partial charge in [0, 0.05) is 44.6 Å². The molecule has 1 N–H and O–H groups in total. The van der Waals surface area contributed by atoms with Gasteiger partial charge in [-0.25, -0.2) is 0 Å². The normalized spacial score (nSPS) is 14.0. The molecule has 0 aliphatic carbocycles. The van der Waals surface area contributed by atoms with E-state index in [1.54, 1.807) is 6.20 Å². The fourth-order valence-corrected chi connectivity index (χ4v) is 3.47. The van der Waals surface area contributed by atoms with E-state index in [4.69, 9.17) is 0 Å². The number of nitrogens with zero attached hydrogens (tertiary/aromatic N) is 3. The molecule has 5 heteroatoms. The van der Waals surface area contributed by atoms with Crippen LogP contribution in [0.25, 0.3) is 0 Å². The summed E-state index contributed by atoms with van der Waals surface area (Å²) in [5.74, 6) is -0.0962. The molecule has 5 nitrogen and oxygen atoms in total. The van der Waals surface area contributed by atoms with E-state index in [-0.39, 0.29) is 5.91 Å². The molecule has 1 aromatic heterocycles. The first kappa shape index (κ1) is 18.0. The van der Waals surface area contributed by atoms with Crippen LogP contribution in [0.4, 0.5) is 11.4 Å². The summed E-state index contributed by atoms with van der Waals surface area (Å²) in [5, 5.41) is 2.97. The molecule has 2 aromatic carbocycles. The summed E-state index contributed by atoms with van der Waals surface area (Å²) in [7, 11) is 0. The molecule has 1 aliphatic heterocycles. The number of hydrogen-bond acceptors (Lipinski definition) is 4. The van der Waals surface area contributed by atoms with Crippen LogP contribution < -0.4 is 15.1 Å². The van der Waals surface area contributed by atoms with Crippen LogP contribution in [0, 0.1) is 0 Å². The minimum atomic E-state index is -0.0962. The molecule has 28 heavy (non-hydrogen) atoms. The van der Waals surface area contributed by atoms with Crippen molar-refractivity contribution < 1.29 is 4.79 Å². The van der Waals surface area contributed by atoms with Crippen molar-refractivity contribution >= 4 is 17.3 Å². The van der Waals surface area contributed by atoms with Crippen LogP contribution in [0.1, 0.15) is 15.9 Å². The summed E-state index contributed by atoms with van der Waals surface area (Å²) in [6, 6.07) is 22.3. The lowest BCUT2D eigenvalue weighted by atomic mass is 10.2. The summed E-state index contributed by atoms with van der Waals surface area (Å²) in [6.45, 7) is 4.24. The van der Waals surface area contributed by atoms with Gasteiger partial charge in [-0.15, -0.1) is 0 Å². The molecule has 1 saturated heterocycles. The number of hydrogen-bond donors (Lipinski definition) is 1. The first-order valence-electron chi connectivity index (χ1n) is 9.62. The zero-order chi connectivity index (χ0) is 19.2. The minimum absolute atomic E-state index is 0.0962. The highest BCUT2D eigenvalue weighted by Gasteiger charge is 2.18. The van der Waals surface area contributed by atoms with Crippen molar-refractivity contribution in [2.75, 3.05) is 36.0 Å². The Morgan fingerprint density at radius 2 is 1.43 bits per heavy atom. The van der Waals surface area contributed by atoms with Gasteiger partial charge in [-0.3, -0.25) is 9.78 Å². The molecule has 0 atom stereocenters. The molecule has 0 saturated carbocycles. The monoisotopic (exact) mass is 372 g/mol. The van der Waals surface area contributed by atoms with Gasteiger partial charge in [0.1, 0.15) is 0 Å². The second kappa shape index (κ2) is 8.57. The van der Waals surface area contributed by atoms with E-state index in [1.807, 2.05) is 48.7 Å². The van der Waals surface area contributed by atoms with Gasteiger partial charge in [0.2, 0.25) is 0 Å². The Bertz CT molecular complexity index is 906. The van der Waals surface area contributed by atoms with Crippen molar-refractivity contribution in [2.24, 2.45) is 0 Å². The standard InChI is InChI=1S/C23H24N4O/c28-23(25-16-19-7-3-1-4-8-19)20-15-22(18-24-17-20)27-13-11-26(12-14-27)21-9-5-2-6-10-21/h1-10,15,17-18H,11-14,16H2,(H,25,28). The maximum Gasteiger partial charge on any atom is 0.253 e. The molecular formula is C23H24N4O. The molecule has 142 valence electrons. The molecule has 0 bridgehead atoms. The van der Waals surface area contributed by atoms with Crippen molar-refractivity contribution in [1.29, 1.82) is 0 Å². The van der Waals surface area contributed by atoms with E-state index in [9.17, 15) is 4.79 Å². The van der Waals surface area contributed by atoms with E-state index in [1.165, 1.54) is 5.69 Å². The Morgan fingerprint density at radius 3 is 2.11 bits per heavy atom. The molecule has 1 amide bonds. The van der Waals surface area contributed by atoms with E-state index in [0.29, 0.717) is 12.1 Å². The first-order chi connectivity index (χ1) is 13.8. The zero-order valence-corrected chi connectivity index (χ0v) is 15.8. The SMILES string of the molecule is O=C(NCc1ccccc1)c1cncc(N2CCN(c3ccccc3)CC2)c1. The van der Waals surface area contributed by atoms with Crippen molar-refractivity contribution in [3.8, 4) is 0 Å². The summed E-state index contributed by atoms with van der Waals surface area (Å²) in [4.78, 5) is 21.5. The van der Waals surface area contributed by atoms with Gasteiger partial charge < -0.3 is 15.1 Å². The van der Waals surface area contributed by atoms with Crippen molar-refractivity contribution in [3.63, 3.8) is 0 Å². The van der Waals surface area contributed by atoms with Crippen LogP contribution >= 0.6 is 0 Å². The number of amides is 1. The third-order valence-electron chi connectivity index (χ3n) is 5.05. The molecule has 0 unspecified atom stereocenters. The molecule has 0 spiro atoms. The van der Waals surface area contributed by atoms with Crippen LogP contribution in [0.15, 0.2) is 79.1 Å². The summed E-state index contributed by atoms with van der Waals surface area (Å²) >= 11 is 0. The number of carbonyl (C=O) groups excluding carboxylic acids is 1. The molecular weight excluding hydrogens is 348 g/mol. The van der Waals surface area contributed by atoms with Gasteiger partial charge in [0.15, 0.2) is 0 Å². The predicted molar refractivity (Wildman–Crippen MR) is 113 cm³/mol. The maximum atomic E-state index is 12.5.